The van der Waals surface area contributed by atoms with Crippen molar-refractivity contribution in [1.29, 1.82) is 0 Å². The summed E-state index contributed by atoms with van der Waals surface area (Å²) >= 11 is 18.2. The Labute approximate surface area is 210 Å². The molecular formula is C24H18Cl3N5O2. The van der Waals surface area contributed by atoms with E-state index in [1.807, 2.05) is 71.6 Å². The molecule has 0 bridgehead atoms. The largest absolute Gasteiger partial charge is 0.342 e. The summed E-state index contributed by atoms with van der Waals surface area (Å²) in [7, 11) is 0. The van der Waals surface area contributed by atoms with Gasteiger partial charge < -0.3 is 4.90 Å². The maximum absolute atomic E-state index is 12.4. The Hall–Kier alpha value is -3.39. The minimum atomic E-state index is -0.609. The predicted octanol–water partition coefficient (Wildman–Crippen LogP) is 6.42. The second-order valence-corrected chi connectivity index (χ2v) is 8.65. The first-order chi connectivity index (χ1) is 16.5. The van der Waals surface area contributed by atoms with E-state index in [-0.39, 0.29) is 5.82 Å². The van der Waals surface area contributed by atoms with Crippen LogP contribution in [0.5, 0.6) is 0 Å². The minimum absolute atomic E-state index is 0.0928. The van der Waals surface area contributed by atoms with Crippen molar-refractivity contribution in [3.63, 3.8) is 0 Å². The number of para-hydroxylation sites is 1. The average molecular weight is 515 g/mol. The molecule has 0 radical (unpaired) electrons. The molecule has 0 N–H and O–H groups in total. The molecule has 0 unspecified atom stereocenters. The molecule has 0 saturated heterocycles. The fourth-order valence-electron chi connectivity index (χ4n) is 3.57. The van der Waals surface area contributed by atoms with E-state index in [2.05, 4.69) is 10.3 Å². The Morgan fingerprint density at radius 1 is 0.853 bits per heavy atom. The molecule has 0 atom stereocenters. The standard InChI is InChI=1S/C24H18Cl3N5O2/c25-21(23(26)27)22(32(33)34)24(31-20-14-8-7-13-19(20)28-29-31)30(15-17-9-3-1-4-10-17)16-18-11-5-2-6-12-18/h1-14H,15-16H2. The maximum Gasteiger partial charge on any atom is 0.332 e. The van der Waals surface area contributed by atoms with Gasteiger partial charge in [0.15, 0.2) is 5.03 Å². The lowest BCUT2D eigenvalue weighted by Gasteiger charge is -2.27. The predicted molar refractivity (Wildman–Crippen MR) is 134 cm³/mol. The van der Waals surface area contributed by atoms with Crippen LogP contribution in [0.25, 0.3) is 16.9 Å². The van der Waals surface area contributed by atoms with Crippen molar-refractivity contribution < 1.29 is 4.92 Å². The number of aromatic nitrogens is 3. The summed E-state index contributed by atoms with van der Waals surface area (Å²) in [6.07, 6.45) is 0. The zero-order chi connectivity index (χ0) is 24.1. The first-order valence-electron chi connectivity index (χ1n) is 10.2. The number of nitro groups is 1. The summed E-state index contributed by atoms with van der Waals surface area (Å²) in [4.78, 5) is 13.6. The van der Waals surface area contributed by atoms with E-state index in [0.717, 1.165) is 11.1 Å². The van der Waals surface area contributed by atoms with Gasteiger partial charge in [-0.05, 0) is 23.3 Å². The van der Waals surface area contributed by atoms with Gasteiger partial charge in [0, 0.05) is 13.1 Å². The molecule has 0 saturated carbocycles. The monoisotopic (exact) mass is 513 g/mol. The van der Waals surface area contributed by atoms with Gasteiger partial charge in [-0.2, -0.15) is 4.68 Å². The molecular weight excluding hydrogens is 497 g/mol. The number of hydrogen-bond donors (Lipinski definition) is 0. The van der Waals surface area contributed by atoms with Gasteiger partial charge in [0.05, 0.1) is 10.4 Å². The molecule has 0 spiro atoms. The second-order valence-electron chi connectivity index (χ2n) is 7.32. The van der Waals surface area contributed by atoms with Crippen molar-refractivity contribution in [3.8, 4) is 0 Å². The average Bonchev–Trinajstić information content (AvgIpc) is 3.26. The highest BCUT2D eigenvalue weighted by molar-refractivity contribution is 6.59. The van der Waals surface area contributed by atoms with Crippen molar-refractivity contribution >= 4 is 51.7 Å². The van der Waals surface area contributed by atoms with Crippen LogP contribution in [0.2, 0.25) is 0 Å². The zero-order valence-corrected chi connectivity index (χ0v) is 20.0. The molecule has 1 heterocycles. The Kier molecular flexibility index (Phi) is 7.47. The Morgan fingerprint density at radius 3 is 1.91 bits per heavy atom. The van der Waals surface area contributed by atoms with Crippen molar-refractivity contribution in [2.45, 2.75) is 13.1 Å². The molecule has 4 aromatic rings. The lowest BCUT2D eigenvalue weighted by atomic mass is 10.1. The van der Waals surface area contributed by atoms with Crippen molar-refractivity contribution in [2.24, 2.45) is 0 Å². The van der Waals surface area contributed by atoms with Crippen molar-refractivity contribution in [1.82, 2.24) is 19.9 Å². The van der Waals surface area contributed by atoms with Crippen LogP contribution in [-0.2, 0) is 13.1 Å². The van der Waals surface area contributed by atoms with E-state index in [1.54, 1.807) is 18.2 Å². The van der Waals surface area contributed by atoms with Crippen LogP contribution >= 0.6 is 34.8 Å². The number of nitrogens with zero attached hydrogens (tertiary/aromatic N) is 5. The van der Waals surface area contributed by atoms with Gasteiger partial charge in [0.25, 0.3) is 0 Å². The lowest BCUT2D eigenvalue weighted by molar-refractivity contribution is -0.419. The fourth-order valence-corrected chi connectivity index (χ4v) is 3.90. The molecule has 0 fully saturated rings. The number of fused-ring (bicyclic) bond motifs is 1. The molecule has 0 aliphatic heterocycles. The molecule has 0 aliphatic rings. The highest BCUT2D eigenvalue weighted by Gasteiger charge is 2.32. The van der Waals surface area contributed by atoms with Crippen LogP contribution in [-0.4, -0.2) is 24.8 Å². The number of benzene rings is 3. The van der Waals surface area contributed by atoms with Crippen LogP contribution < -0.4 is 0 Å². The third-order valence-corrected chi connectivity index (χ3v) is 5.99. The van der Waals surface area contributed by atoms with E-state index in [1.165, 1.54) is 4.68 Å². The van der Waals surface area contributed by atoms with Gasteiger partial charge in [-0.25, -0.2) is 0 Å². The molecule has 3 aromatic carbocycles. The zero-order valence-electron chi connectivity index (χ0n) is 17.7. The van der Waals surface area contributed by atoms with E-state index in [0.29, 0.717) is 24.1 Å². The maximum atomic E-state index is 12.4. The molecule has 0 aliphatic carbocycles. The van der Waals surface area contributed by atoms with Crippen molar-refractivity contribution in [3.05, 3.63) is 121 Å². The molecule has 34 heavy (non-hydrogen) atoms. The van der Waals surface area contributed by atoms with Crippen LogP contribution in [0.3, 0.4) is 0 Å². The first kappa shape index (κ1) is 23.8. The SMILES string of the molecule is O=[N+]([O-])C(C(Cl)=C(Cl)Cl)=C(N(Cc1ccccc1)Cc1ccccc1)n1nnc2ccccc21. The second kappa shape index (κ2) is 10.7. The molecule has 4 rings (SSSR count). The van der Waals surface area contributed by atoms with Crippen molar-refractivity contribution in [2.75, 3.05) is 0 Å². The summed E-state index contributed by atoms with van der Waals surface area (Å²) in [5.74, 6) is 0.0928. The van der Waals surface area contributed by atoms with Gasteiger partial charge in [-0.15, -0.1) is 5.10 Å². The van der Waals surface area contributed by atoms with Gasteiger partial charge in [0.1, 0.15) is 10.0 Å². The molecule has 7 nitrogen and oxygen atoms in total. The van der Waals surface area contributed by atoms with E-state index >= 15 is 0 Å². The number of halogens is 3. The Balaban J connectivity index is 2.00. The summed E-state index contributed by atoms with van der Waals surface area (Å²) < 4.78 is 0.980. The molecule has 172 valence electrons. The summed E-state index contributed by atoms with van der Waals surface area (Å²) in [6.45, 7) is 0.640. The van der Waals surface area contributed by atoms with Crippen LogP contribution in [0.1, 0.15) is 11.1 Å². The quantitative estimate of drug-likeness (QED) is 0.154. The normalized spacial score (nSPS) is 11.7. The lowest BCUT2D eigenvalue weighted by Crippen LogP contribution is -2.28. The van der Waals surface area contributed by atoms with Crippen LogP contribution in [0, 0.1) is 10.1 Å². The van der Waals surface area contributed by atoms with Gasteiger partial charge in [-0.3, -0.25) is 10.1 Å². The summed E-state index contributed by atoms with van der Waals surface area (Å²) in [6, 6.07) is 26.3. The third-order valence-electron chi connectivity index (χ3n) is 5.05. The Bertz CT molecular complexity index is 1330. The summed E-state index contributed by atoms with van der Waals surface area (Å²) in [5.41, 5.74) is 2.52. The van der Waals surface area contributed by atoms with Crippen LogP contribution in [0.15, 0.2) is 100 Å². The first-order valence-corrected chi connectivity index (χ1v) is 11.3. The Morgan fingerprint density at radius 2 is 1.38 bits per heavy atom. The van der Waals surface area contributed by atoms with E-state index in [9.17, 15) is 10.1 Å². The smallest absolute Gasteiger partial charge is 0.332 e. The topological polar surface area (TPSA) is 77.1 Å². The number of hydrogen-bond acceptors (Lipinski definition) is 5. The highest BCUT2D eigenvalue weighted by Crippen LogP contribution is 2.33. The van der Waals surface area contributed by atoms with Gasteiger partial charge >= 0.3 is 5.70 Å². The third kappa shape index (κ3) is 5.22. The number of allylic oxidation sites excluding steroid dienone is 1. The van der Waals surface area contributed by atoms with Gasteiger partial charge in [-0.1, -0.05) is 113 Å². The highest BCUT2D eigenvalue weighted by atomic mass is 35.5. The number of rotatable bonds is 8. The van der Waals surface area contributed by atoms with Crippen LogP contribution in [0.4, 0.5) is 0 Å². The summed E-state index contributed by atoms with van der Waals surface area (Å²) in [5, 5.41) is 20.4. The van der Waals surface area contributed by atoms with E-state index < -0.39 is 20.1 Å². The van der Waals surface area contributed by atoms with Gasteiger partial charge in [0.2, 0.25) is 5.82 Å². The minimum Gasteiger partial charge on any atom is -0.342 e. The molecule has 1 aromatic heterocycles. The molecule has 0 amide bonds. The van der Waals surface area contributed by atoms with E-state index in [4.69, 9.17) is 34.8 Å². The fraction of sp³-hybridized carbons (Fsp3) is 0.0833. The molecule has 10 heteroatoms.